The summed E-state index contributed by atoms with van der Waals surface area (Å²) in [5.74, 6) is -1.20. The summed E-state index contributed by atoms with van der Waals surface area (Å²) >= 11 is 12.2. The van der Waals surface area contributed by atoms with E-state index in [2.05, 4.69) is 5.32 Å². The first-order valence-electron chi connectivity index (χ1n) is 11.6. The molecule has 0 bridgehead atoms. The van der Waals surface area contributed by atoms with E-state index in [0.717, 1.165) is 5.56 Å². The molecule has 186 valence electrons. The lowest BCUT2D eigenvalue weighted by molar-refractivity contribution is -0.141. The van der Waals surface area contributed by atoms with E-state index in [1.54, 1.807) is 42.5 Å². The third kappa shape index (κ3) is 6.21. The maximum Gasteiger partial charge on any atom is 0.261 e. The van der Waals surface area contributed by atoms with Crippen LogP contribution in [0.4, 0.5) is 0 Å². The van der Waals surface area contributed by atoms with Crippen molar-refractivity contribution in [2.24, 2.45) is 0 Å². The fraction of sp³-hybridized carbons (Fsp3) is 0.385. The number of carbonyl (C=O) groups is 4. The molecule has 7 nitrogen and oxygen atoms in total. The van der Waals surface area contributed by atoms with Crippen LogP contribution in [0.2, 0.25) is 10.0 Å². The van der Waals surface area contributed by atoms with Crippen LogP contribution in [0.15, 0.2) is 42.5 Å². The molecule has 0 saturated carbocycles. The largest absolute Gasteiger partial charge is 0.352 e. The van der Waals surface area contributed by atoms with Crippen molar-refractivity contribution < 1.29 is 19.2 Å². The van der Waals surface area contributed by atoms with Gasteiger partial charge >= 0.3 is 0 Å². The summed E-state index contributed by atoms with van der Waals surface area (Å²) in [6, 6.07) is 11.0. The van der Waals surface area contributed by atoms with Crippen molar-refractivity contribution in [1.82, 2.24) is 15.1 Å². The molecule has 1 N–H and O–H groups in total. The van der Waals surface area contributed by atoms with Crippen molar-refractivity contribution in [1.29, 1.82) is 0 Å². The van der Waals surface area contributed by atoms with E-state index in [4.69, 9.17) is 23.2 Å². The van der Waals surface area contributed by atoms with Gasteiger partial charge < -0.3 is 10.2 Å². The zero-order valence-electron chi connectivity index (χ0n) is 20.0. The second kappa shape index (κ2) is 11.7. The monoisotopic (exact) mass is 517 g/mol. The Morgan fingerprint density at radius 3 is 2.17 bits per heavy atom. The minimum atomic E-state index is -0.682. The van der Waals surface area contributed by atoms with Crippen LogP contribution in [0.1, 0.15) is 66.3 Å². The van der Waals surface area contributed by atoms with E-state index < -0.39 is 6.04 Å². The van der Waals surface area contributed by atoms with Gasteiger partial charge in [0.05, 0.1) is 21.2 Å². The highest BCUT2D eigenvalue weighted by atomic mass is 35.5. The molecule has 2 aromatic rings. The van der Waals surface area contributed by atoms with Crippen molar-refractivity contribution in [3.05, 3.63) is 69.2 Å². The summed E-state index contributed by atoms with van der Waals surface area (Å²) in [7, 11) is 0. The summed E-state index contributed by atoms with van der Waals surface area (Å²) in [6.07, 6.45) is 0.772. The van der Waals surface area contributed by atoms with Gasteiger partial charge in [0.15, 0.2) is 0 Å². The van der Waals surface area contributed by atoms with Crippen LogP contribution < -0.4 is 5.32 Å². The number of rotatable bonds is 10. The topological polar surface area (TPSA) is 86.8 Å². The maximum absolute atomic E-state index is 13.3. The molecule has 0 aliphatic carbocycles. The average Bonchev–Trinajstić information content (AvgIpc) is 3.05. The predicted molar refractivity (Wildman–Crippen MR) is 135 cm³/mol. The Labute approximate surface area is 215 Å². The zero-order chi connectivity index (χ0) is 25.7. The van der Waals surface area contributed by atoms with Crippen molar-refractivity contribution >= 4 is 46.8 Å². The molecular formula is C26H29Cl2N3O4. The number of nitrogens with zero attached hydrogens (tertiary/aromatic N) is 2. The summed E-state index contributed by atoms with van der Waals surface area (Å²) in [5, 5.41) is 3.64. The third-order valence-corrected chi connectivity index (χ3v) is 6.54. The molecule has 1 atom stereocenters. The smallest absolute Gasteiger partial charge is 0.261 e. The van der Waals surface area contributed by atoms with Gasteiger partial charge in [-0.05, 0) is 56.5 Å². The maximum atomic E-state index is 13.3. The lowest BCUT2D eigenvalue weighted by atomic mass is 10.1. The van der Waals surface area contributed by atoms with Gasteiger partial charge in [0.1, 0.15) is 6.04 Å². The summed E-state index contributed by atoms with van der Waals surface area (Å²) in [5.41, 5.74) is 1.49. The molecule has 0 fully saturated rings. The highest BCUT2D eigenvalue weighted by molar-refractivity contribution is 6.42. The van der Waals surface area contributed by atoms with Crippen LogP contribution in [-0.2, 0) is 16.1 Å². The Balaban J connectivity index is 1.73. The Morgan fingerprint density at radius 1 is 1.00 bits per heavy atom. The molecule has 0 aromatic heterocycles. The predicted octanol–water partition coefficient (Wildman–Crippen LogP) is 4.70. The number of hydrogen-bond donors (Lipinski definition) is 1. The van der Waals surface area contributed by atoms with Gasteiger partial charge in [-0.3, -0.25) is 24.1 Å². The lowest BCUT2D eigenvalue weighted by Crippen LogP contribution is -2.50. The number of carbonyl (C=O) groups excluding carboxylic acids is 4. The van der Waals surface area contributed by atoms with Crippen LogP contribution in [0, 0.1) is 0 Å². The minimum Gasteiger partial charge on any atom is -0.352 e. The highest BCUT2D eigenvalue weighted by Crippen LogP contribution is 2.25. The summed E-state index contributed by atoms with van der Waals surface area (Å²) in [6.45, 7) is 5.86. The molecule has 0 saturated heterocycles. The van der Waals surface area contributed by atoms with Crippen molar-refractivity contribution in [3.8, 4) is 0 Å². The molecule has 0 spiro atoms. The molecule has 0 radical (unpaired) electrons. The van der Waals surface area contributed by atoms with Crippen LogP contribution in [0.25, 0.3) is 0 Å². The van der Waals surface area contributed by atoms with E-state index in [0.29, 0.717) is 27.6 Å². The number of benzene rings is 2. The van der Waals surface area contributed by atoms with Gasteiger partial charge in [-0.1, -0.05) is 48.3 Å². The SMILES string of the molecule is CC[C@@H](C(=O)NC(C)C)N(Cc1ccc(Cl)c(Cl)c1)C(=O)CCCN1C(=O)c2ccccc2C1=O. The van der Waals surface area contributed by atoms with Crippen LogP contribution >= 0.6 is 23.2 Å². The first-order valence-corrected chi connectivity index (χ1v) is 12.4. The highest BCUT2D eigenvalue weighted by Gasteiger charge is 2.35. The number of imide groups is 1. The average molecular weight is 518 g/mol. The second-order valence-corrected chi connectivity index (χ2v) is 9.58. The van der Waals surface area contributed by atoms with Crippen molar-refractivity contribution in [2.45, 2.75) is 58.7 Å². The van der Waals surface area contributed by atoms with Crippen LogP contribution in [0.5, 0.6) is 0 Å². The molecule has 1 heterocycles. The van der Waals surface area contributed by atoms with Gasteiger partial charge in [-0.15, -0.1) is 0 Å². The molecule has 0 unspecified atom stereocenters. The van der Waals surface area contributed by atoms with E-state index in [-0.39, 0.29) is 55.6 Å². The molecule has 1 aliphatic heterocycles. The summed E-state index contributed by atoms with van der Waals surface area (Å²) in [4.78, 5) is 54.1. The standard InChI is InChI=1S/C26H29Cl2N3O4/c1-4-22(24(33)29-16(2)3)31(15-17-11-12-20(27)21(28)14-17)23(32)10-7-13-30-25(34)18-8-5-6-9-19(18)26(30)35/h5-6,8-9,11-12,14,16,22H,4,7,10,13,15H2,1-3H3,(H,29,33)/t22-/m0/s1. The third-order valence-electron chi connectivity index (χ3n) is 5.80. The number of nitrogens with one attached hydrogen (secondary N) is 1. The molecular weight excluding hydrogens is 489 g/mol. The molecule has 1 aliphatic rings. The normalized spacial score (nSPS) is 13.7. The number of hydrogen-bond acceptors (Lipinski definition) is 4. The molecule has 9 heteroatoms. The van der Waals surface area contributed by atoms with Gasteiger partial charge in [-0.25, -0.2) is 0 Å². The Hall–Kier alpha value is -2.90. The molecule has 2 aromatic carbocycles. The molecule has 35 heavy (non-hydrogen) atoms. The molecule has 3 rings (SSSR count). The van der Waals surface area contributed by atoms with Crippen molar-refractivity contribution in [3.63, 3.8) is 0 Å². The second-order valence-electron chi connectivity index (χ2n) is 8.77. The van der Waals surface area contributed by atoms with E-state index >= 15 is 0 Å². The van der Waals surface area contributed by atoms with Gasteiger partial charge in [0.2, 0.25) is 11.8 Å². The summed E-state index contributed by atoms with van der Waals surface area (Å²) < 4.78 is 0. The zero-order valence-corrected chi connectivity index (χ0v) is 21.5. The van der Waals surface area contributed by atoms with Crippen molar-refractivity contribution in [2.75, 3.05) is 6.54 Å². The van der Waals surface area contributed by atoms with Gasteiger partial charge in [0, 0.05) is 25.6 Å². The van der Waals surface area contributed by atoms with Gasteiger partial charge in [-0.2, -0.15) is 0 Å². The van der Waals surface area contributed by atoms with E-state index in [1.807, 2.05) is 20.8 Å². The minimum absolute atomic E-state index is 0.0696. The van der Waals surface area contributed by atoms with Crippen LogP contribution in [0.3, 0.4) is 0 Å². The Kier molecular flexibility index (Phi) is 8.92. The lowest BCUT2D eigenvalue weighted by Gasteiger charge is -2.31. The number of halogens is 2. The molecule has 4 amide bonds. The first-order chi connectivity index (χ1) is 16.6. The van der Waals surface area contributed by atoms with E-state index in [1.165, 1.54) is 9.80 Å². The first kappa shape index (κ1) is 26.7. The Morgan fingerprint density at radius 2 is 1.63 bits per heavy atom. The number of fused-ring (bicyclic) bond motifs is 1. The number of amides is 4. The fourth-order valence-corrected chi connectivity index (χ4v) is 4.43. The Bertz CT molecular complexity index is 1100. The van der Waals surface area contributed by atoms with Gasteiger partial charge in [0.25, 0.3) is 11.8 Å². The quantitative estimate of drug-likeness (QED) is 0.462. The fourth-order valence-electron chi connectivity index (χ4n) is 4.11. The van der Waals surface area contributed by atoms with E-state index in [9.17, 15) is 19.2 Å². The van der Waals surface area contributed by atoms with Crippen LogP contribution in [-0.4, -0.2) is 52.1 Å².